The molecular weight excluding hydrogens is 254 g/mol. The standard InChI is InChI=1S/C11H6BrN3/c12-9-3-1-8(2-4-9)11-14-6-5-10(7-13)15-11/h1-6H. The highest BCUT2D eigenvalue weighted by Gasteiger charge is 2.01. The molecule has 0 N–H and O–H groups in total. The fourth-order valence-corrected chi connectivity index (χ4v) is 1.42. The summed E-state index contributed by atoms with van der Waals surface area (Å²) in [5.74, 6) is 0.571. The molecule has 72 valence electrons. The predicted octanol–water partition coefficient (Wildman–Crippen LogP) is 2.78. The lowest BCUT2D eigenvalue weighted by molar-refractivity contribution is 1.15. The first-order valence-corrected chi connectivity index (χ1v) is 5.08. The predicted molar refractivity (Wildman–Crippen MR) is 59.9 cm³/mol. The maximum atomic E-state index is 8.71. The van der Waals surface area contributed by atoms with E-state index in [1.165, 1.54) is 0 Å². The van der Waals surface area contributed by atoms with Gasteiger partial charge in [-0.3, -0.25) is 0 Å². The molecule has 15 heavy (non-hydrogen) atoms. The van der Waals surface area contributed by atoms with Gasteiger partial charge in [-0.1, -0.05) is 28.1 Å². The molecule has 0 aliphatic heterocycles. The van der Waals surface area contributed by atoms with E-state index >= 15 is 0 Å². The molecule has 1 aromatic heterocycles. The van der Waals surface area contributed by atoms with Crippen LogP contribution in [-0.2, 0) is 0 Å². The second-order valence-electron chi connectivity index (χ2n) is 2.88. The summed E-state index contributed by atoms with van der Waals surface area (Å²) in [6, 6.07) is 11.2. The Kier molecular flexibility index (Phi) is 2.75. The van der Waals surface area contributed by atoms with Gasteiger partial charge in [0.15, 0.2) is 5.82 Å². The van der Waals surface area contributed by atoms with E-state index in [4.69, 9.17) is 5.26 Å². The van der Waals surface area contributed by atoms with Crippen molar-refractivity contribution < 1.29 is 0 Å². The van der Waals surface area contributed by atoms with E-state index in [2.05, 4.69) is 25.9 Å². The second-order valence-corrected chi connectivity index (χ2v) is 3.80. The Bertz CT molecular complexity index is 514. The van der Waals surface area contributed by atoms with Crippen molar-refractivity contribution in [3.8, 4) is 17.5 Å². The maximum Gasteiger partial charge on any atom is 0.160 e. The third-order valence-corrected chi connectivity index (χ3v) is 2.40. The number of halogens is 1. The fourth-order valence-electron chi connectivity index (χ4n) is 1.16. The molecule has 0 spiro atoms. The van der Waals surface area contributed by atoms with E-state index in [0.717, 1.165) is 10.0 Å². The fraction of sp³-hybridized carbons (Fsp3) is 0. The number of benzene rings is 1. The van der Waals surface area contributed by atoms with Crippen LogP contribution in [0.3, 0.4) is 0 Å². The molecule has 2 aromatic rings. The van der Waals surface area contributed by atoms with Crippen molar-refractivity contribution in [2.24, 2.45) is 0 Å². The van der Waals surface area contributed by atoms with Crippen molar-refractivity contribution >= 4 is 15.9 Å². The summed E-state index contributed by atoms with van der Waals surface area (Å²) in [6.45, 7) is 0. The van der Waals surface area contributed by atoms with Crippen LogP contribution >= 0.6 is 15.9 Å². The second kappa shape index (κ2) is 4.20. The van der Waals surface area contributed by atoms with Crippen molar-refractivity contribution in [1.29, 1.82) is 5.26 Å². The Balaban J connectivity index is 2.46. The lowest BCUT2D eigenvalue weighted by atomic mass is 10.2. The van der Waals surface area contributed by atoms with Crippen molar-refractivity contribution in [2.75, 3.05) is 0 Å². The minimum absolute atomic E-state index is 0.378. The van der Waals surface area contributed by atoms with Crippen molar-refractivity contribution in [2.45, 2.75) is 0 Å². The van der Waals surface area contributed by atoms with Crippen LogP contribution in [0.25, 0.3) is 11.4 Å². The summed E-state index contributed by atoms with van der Waals surface area (Å²) in [5, 5.41) is 8.71. The molecule has 0 saturated heterocycles. The smallest absolute Gasteiger partial charge is 0.160 e. The summed E-state index contributed by atoms with van der Waals surface area (Å²) in [7, 11) is 0. The van der Waals surface area contributed by atoms with Gasteiger partial charge in [0, 0.05) is 16.2 Å². The molecule has 0 saturated carbocycles. The van der Waals surface area contributed by atoms with Gasteiger partial charge in [0.05, 0.1) is 0 Å². The minimum Gasteiger partial charge on any atom is -0.236 e. The summed E-state index contributed by atoms with van der Waals surface area (Å²) < 4.78 is 1.00. The zero-order chi connectivity index (χ0) is 10.7. The summed E-state index contributed by atoms with van der Waals surface area (Å²) in [5.41, 5.74) is 1.28. The average Bonchev–Trinajstić information content (AvgIpc) is 2.30. The van der Waals surface area contributed by atoms with Gasteiger partial charge in [-0.2, -0.15) is 5.26 Å². The SMILES string of the molecule is N#Cc1ccnc(-c2ccc(Br)cc2)n1. The number of hydrogen-bond donors (Lipinski definition) is 0. The highest BCUT2D eigenvalue weighted by Crippen LogP contribution is 2.17. The first-order chi connectivity index (χ1) is 7.29. The molecule has 1 heterocycles. The third-order valence-electron chi connectivity index (χ3n) is 1.87. The zero-order valence-electron chi connectivity index (χ0n) is 7.68. The van der Waals surface area contributed by atoms with E-state index in [1.54, 1.807) is 12.3 Å². The van der Waals surface area contributed by atoms with Crippen LogP contribution in [0.5, 0.6) is 0 Å². The molecule has 0 radical (unpaired) electrons. The van der Waals surface area contributed by atoms with Gasteiger partial charge in [0.25, 0.3) is 0 Å². The number of nitrogens with zero attached hydrogens (tertiary/aromatic N) is 3. The van der Waals surface area contributed by atoms with Crippen LogP contribution in [-0.4, -0.2) is 9.97 Å². The monoisotopic (exact) mass is 259 g/mol. The first-order valence-electron chi connectivity index (χ1n) is 4.28. The highest BCUT2D eigenvalue weighted by atomic mass is 79.9. The van der Waals surface area contributed by atoms with Gasteiger partial charge < -0.3 is 0 Å². The van der Waals surface area contributed by atoms with Crippen LogP contribution in [0.1, 0.15) is 5.69 Å². The van der Waals surface area contributed by atoms with E-state index in [0.29, 0.717) is 11.5 Å². The molecule has 4 heteroatoms. The lowest BCUT2D eigenvalue weighted by Crippen LogP contribution is -1.90. The van der Waals surface area contributed by atoms with Crippen LogP contribution in [0.15, 0.2) is 41.0 Å². The Morgan fingerprint density at radius 3 is 2.53 bits per heavy atom. The van der Waals surface area contributed by atoms with Crippen LogP contribution in [0.4, 0.5) is 0 Å². The van der Waals surface area contributed by atoms with E-state index in [-0.39, 0.29) is 0 Å². The first kappa shape index (κ1) is 9.81. The molecule has 2 rings (SSSR count). The van der Waals surface area contributed by atoms with Gasteiger partial charge in [0.1, 0.15) is 11.8 Å². The molecule has 0 bridgehead atoms. The number of nitriles is 1. The van der Waals surface area contributed by atoms with Crippen LogP contribution in [0, 0.1) is 11.3 Å². The summed E-state index contributed by atoms with van der Waals surface area (Å²) in [6.07, 6.45) is 1.59. The van der Waals surface area contributed by atoms with E-state index < -0.39 is 0 Å². The zero-order valence-corrected chi connectivity index (χ0v) is 9.27. The largest absolute Gasteiger partial charge is 0.236 e. The highest BCUT2D eigenvalue weighted by molar-refractivity contribution is 9.10. The molecule has 0 aliphatic rings. The van der Waals surface area contributed by atoms with Crippen LogP contribution in [0.2, 0.25) is 0 Å². The van der Waals surface area contributed by atoms with E-state index in [1.807, 2.05) is 30.3 Å². The number of aromatic nitrogens is 2. The molecule has 0 atom stereocenters. The molecule has 0 fully saturated rings. The van der Waals surface area contributed by atoms with E-state index in [9.17, 15) is 0 Å². The third kappa shape index (κ3) is 2.20. The van der Waals surface area contributed by atoms with Gasteiger partial charge in [-0.15, -0.1) is 0 Å². The number of rotatable bonds is 1. The van der Waals surface area contributed by atoms with Crippen molar-refractivity contribution in [3.05, 3.63) is 46.7 Å². The van der Waals surface area contributed by atoms with Crippen molar-refractivity contribution in [3.63, 3.8) is 0 Å². The number of hydrogen-bond acceptors (Lipinski definition) is 3. The molecule has 0 aliphatic carbocycles. The molecule has 0 unspecified atom stereocenters. The Labute approximate surface area is 95.6 Å². The van der Waals surface area contributed by atoms with Gasteiger partial charge in [0.2, 0.25) is 0 Å². The Morgan fingerprint density at radius 2 is 1.87 bits per heavy atom. The molecule has 3 nitrogen and oxygen atoms in total. The van der Waals surface area contributed by atoms with Crippen molar-refractivity contribution in [1.82, 2.24) is 9.97 Å². The minimum atomic E-state index is 0.378. The molecule has 0 amide bonds. The summed E-state index contributed by atoms with van der Waals surface area (Å²) in [4.78, 5) is 8.21. The lowest BCUT2D eigenvalue weighted by Gasteiger charge is -1.99. The quantitative estimate of drug-likeness (QED) is 0.792. The average molecular weight is 260 g/mol. The molecular formula is C11H6BrN3. The van der Waals surface area contributed by atoms with Gasteiger partial charge >= 0.3 is 0 Å². The molecule has 1 aromatic carbocycles. The normalized spacial score (nSPS) is 9.60. The van der Waals surface area contributed by atoms with Crippen LogP contribution < -0.4 is 0 Å². The maximum absolute atomic E-state index is 8.71. The topological polar surface area (TPSA) is 49.6 Å². The Hall–Kier alpha value is -1.73. The van der Waals surface area contributed by atoms with Gasteiger partial charge in [-0.25, -0.2) is 9.97 Å². The summed E-state index contributed by atoms with van der Waals surface area (Å²) >= 11 is 3.35. The van der Waals surface area contributed by atoms with Gasteiger partial charge in [-0.05, 0) is 18.2 Å². The Morgan fingerprint density at radius 1 is 1.13 bits per heavy atom.